The first-order valence-corrected chi connectivity index (χ1v) is 9.89. The number of H-pyrrole nitrogens is 1. The van der Waals surface area contributed by atoms with Gasteiger partial charge in [-0.3, -0.25) is 9.89 Å². The van der Waals surface area contributed by atoms with Gasteiger partial charge in [0, 0.05) is 25.2 Å². The van der Waals surface area contributed by atoms with E-state index in [-0.39, 0.29) is 17.8 Å². The fourth-order valence-corrected chi connectivity index (χ4v) is 4.24. The number of benzene rings is 1. The minimum atomic E-state index is -0.255. The van der Waals surface area contributed by atoms with Crippen molar-refractivity contribution >= 4 is 23.1 Å². The third-order valence-corrected chi connectivity index (χ3v) is 5.88. The Balaban J connectivity index is 1.43. The Hall–Kier alpha value is -2.67. The second-order valence-electron chi connectivity index (χ2n) is 6.84. The molecule has 1 atom stereocenters. The Morgan fingerprint density at radius 2 is 2.15 bits per heavy atom. The van der Waals surface area contributed by atoms with Gasteiger partial charge in [-0.05, 0) is 66.6 Å². The van der Waals surface area contributed by atoms with E-state index in [0.29, 0.717) is 0 Å². The Labute approximate surface area is 161 Å². The molecule has 2 N–H and O–H groups in total. The third-order valence-electron chi connectivity index (χ3n) is 4.87. The number of thiophene rings is 1. The monoisotopic (exact) mass is 384 g/mol. The highest BCUT2D eigenvalue weighted by Gasteiger charge is 2.24. The number of aromatic nitrogens is 2. The van der Waals surface area contributed by atoms with E-state index in [1.807, 2.05) is 24.4 Å². The zero-order chi connectivity index (χ0) is 18.8. The number of hydrogen-bond donors (Lipinski definition) is 2. The quantitative estimate of drug-likeness (QED) is 0.715. The SMILES string of the molecule is Cc1ccsc1C(=O)N[C@@H]1CCCN(c2cc(-c3ccc(F)cc3)[nH]n2)C1. The largest absolute Gasteiger partial charge is 0.353 e. The first-order valence-electron chi connectivity index (χ1n) is 9.01. The van der Waals surface area contributed by atoms with Crippen LogP contribution in [0, 0.1) is 12.7 Å². The number of anilines is 1. The third kappa shape index (κ3) is 3.88. The van der Waals surface area contributed by atoms with Crippen LogP contribution in [-0.2, 0) is 0 Å². The molecule has 2 aromatic heterocycles. The van der Waals surface area contributed by atoms with Crippen LogP contribution in [0.2, 0.25) is 0 Å². The molecule has 0 bridgehead atoms. The van der Waals surface area contributed by atoms with Crippen molar-refractivity contribution in [1.82, 2.24) is 15.5 Å². The number of nitrogens with zero attached hydrogens (tertiary/aromatic N) is 2. The van der Waals surface area contributed by atoms with Crippen molar-refractivity contribution in [2.45, 2.75) is 25.8 Å². The molecule has 0 saturated carbocycles. The number of amides is 1. The molecule has 1 saturated heterocycles. The number of piperidine rings is 1. The minimum Gasteiger partial charge on any atom is -0.353 e. The number of nitrogens with one attached hydrogen (secondary N) is 2. The number of carbonyl (C=O) groups excluding carboxylic acids is 1. The summed E-state index contributed by atoms with van der Waals surface area (Å²) in [6.07, 6.45) is 1.95. The first-order chi connectivity index (χ1) is 13.1. The van der Waals surface area contributed by atoms with Crippen LogP contribution in [0.4, 0.5) is 10.2 Å². The van der Waals surface area contributed by atoms with Gasteiger partial charge in [-0.25, -0.2) is 4.39 Å². The predicted molar refractivity (Wildman–Crippen MR) is 106 cm³/mol. The molecule has 0 unspecified atom stereocenters. The molecule has 0 radical (unpaired) electrons. The molecular formula is C20H21FN4OS. The van der Waals surface area contributed by atoms with Gasteiger partial charge in [0.05, 0.1) is 10.6 Å². The van der Waals surface area contributed by atoms with Crippen molar-refractivity contribution in [3.63, 3.8) is 0 Å². The Morgan fingerprint density at radius 1 is 1.33 bits per heavy atom. The fraction of sp³-hybridized carbons (Fsp3) is 0.300. The van der Waals surface area contributed by atoms with Crippen LogP contribution in [0.3, 0.4) is 0 Å². The normalized spacial score (nSPS) is 17.1. The lowest BCUT2D eigenvalue weighted by Crippen LogP contribution is -2.47. The van der Waals surface area contributed by atoms with Crippen LogP contribution in [0.1, 0.15) is 28.1 Å². The Morgan fingerprint density at radius 3 is 2.89 bits per heavy atom. The maximum atomic E-state index is 13.1. The lowest BCUT2D eigenvalue weighted by Gasteiger charge is -2.33. The average molecular weight is 384 g/mol. The summed E-state index contributed by atoms with van der Waals surface area (Å²) < 4.78 is 13.1. The lowest BCUT2D eigenvalue weighted by molar-refractivity contribution is 0.0936. The summed E-state index contributed by atoms with van der Waals surface area (Å²) in [6.45, 7) is 3.58. The number of halogens is 1. The van der Waals surface area contributed by atoms with E-state index in [1.54, 1.807) is 12.1 Å². The summed E-state index contributed by atoms with van der Waals surface area (Å²) in [5, 5.41) is 12.5. The van der Waals surface area contributed by atoms with Crippen molar-refractivity contribution in [3.05, 3.63) is 58.0 Å². The van der Waals surface area contributed by atoms with Gasteiger partial charge in [-0.2, -0.15) is 5.10 Å². The van der Waals surface area contributed by atoms with E-state index in [9.17, 15) is 9.18 Å². The summed E-state index contributed by atoms with van der Waals surface area (Å²) in [6, 6.07) is 10.4. The van der Waals surface area contributed by atoms with Crippen molar-refractivity contribution in [2.24, 2.45) is 0 Å². The van der Waals surface area contributed by atoms with Crippen molar-refractivity contribution < 1.29 is 9.18 Å². The number of rotatable bonds is 4. The minimum absolute atomic E-state index is 0.00313. The number of carbonyl (C=O) groups is 1. The topological polar surface area (TPSA) is 61.0 Å². The summed E-state index contributed by atoms with van der Waals surface area (Å²) in [4.78, 5) is 15.4. The van der Waals surface area contributed by atoms with Crippen LogP contribution >= 0.6 is 11.3 Å². The van der Waals surface area contributed by atoms with Crippen LogP contribution in [0.5, 0.6) is 0 Å². The maximum Gasteiger partial charge on any atom is 0.261 e. The molecule has 1 aromatic carbocycles. The number of aromatic amines is 1. The van der Waals surface area contributed by atoms with Crippen molar-refractivity contribution in [1.29, 1.82) is 0 Å². The molecule has 7 heteroatoms. The van der Waals surface area contributed by atoms with Gasteiger partial charge in [-0.1, -0.05) is 0 Å². The van der Waals surface area contributed by atoms with Crippen LogP contribution < -0.4 is 10.2 Å². The molecule has 0 spiro atoms. The van der Waals surface area contributed by atoms with Crippen molar-refractivity contribution in [3.8, 4) is 11.3 Å². The van der Waals surface area contributed by atoms with Gasteiger partial charge < -0.3 is 10.2 Å². The van der Waals surface area contributed by atoms with Crippen LogP contribution in [0.15, 0.2) is 41.8 Å². The zero-order valence-corrected chi connectivity index (χ0v) is 15.9. The Bertz CT molecular complexity index is 934. The summed E-state index contributed by atoms with van der Waals surface area (Å²) in [5.41, 5.74) is 2.76. The van der Waals surface area contributed by atoms with Gasteiger partial charge in [0.25, 0.3) is 5.91 Å². The Kier molecular flexibility index (Phi) is 4.94. The molecule has 0 aliphatic carbocycles. The molecule has 4 rings (SSSR count). The second kappa shape index (κ2) is 7.52. The summed E-state index contributed by atoms with van der Waals surface area (Å²) in [7, 11) is 0. The van der Waals surface area contributed by atoms with E-state index in [1.165, 1.54) is 23.5 Å². The van der Waals surface area contributed by atoms with E-state index >= 15 is 0 Å². The van der Waals surface area contributed by atoms with Gasteiger partial charge in [0.1, 0.15) is 5.82 Å². The average Bonchev–Trinajstić information content (AvgIpc) is 3.32. The zero-order valence-electron chi connectivity index (χ0n) is 15.0. The molecule has 1 fully saturated rings. The van der Waals surface area contributed by atoms with Gasteiger partial charge in [0.15, 0.2) is 5.82 Å². The first kappa shape index (κ1) is 17.7. The molecule has 5 nitrogen and oxygen atoms in total. The summed E-state index contributed by atoms with van der Waals surface area (Å²) in [5.74, 6) is 0.595. The molecule has 1 amide bonds. The highest BCUT2D eigenvalue weighted by Crippen LogP contribution is 2.25. The molecule has 1 aliphatic heterocycles. The lowest BCUT2D eigenvalue weighted by atomic mass is 10.1. The molecule has 3 aromatic rings. The van der Waals surface area contributed by atoms with Crippen molar-refractivity contribution in [2.75, 3.05) is 18.0 Å². The molecular weight excluding hydrogens is 363 g/mol. The van der Waals surface area contributed by atoms with Crippen LogP contribution in [-0.4, -0.2) is 35.2 Å². The van der Waals surface area contributed by atoms with Gasteiger partial charge in [0.2, 0.25) is 0 Å². The molecule has 1 aliphatic rings. The molecule has 140 valence electrons. The van der Waals surface area contributed by atoms with E-state index < -0.39 is 0 Å². The van der Waals surface area contributed by atoms with E-state index in [4.69, 9.17) is 0 Å². The molecule has 3 heterocycles. The predicted octanol–water partition coefficient (Wildman–Crippen LogP) is 3.98. The second-order valence-corrected chi connectivity index (χ2v) is 7.75. The standard InChI is InChI=1S/C20H21FN4OS/c1-13-8-10-27-19(13)20(26)22-16-3-2-9-25(12-16)18-11-17(23-24-18)14-4-6-15(21)7-5-14/h4-8,10-11,16H,2-3,9,12H2,1H3,(H,22,26)(H,23,24)/t16-/m1/s1. The van der Waals surface area contributed by atoms with E-state index in [2.05, 4.69) is 20.4 Å². The van der Waals surface area contributed by atoms with Gasteiger partial charge in [-0.15, -0.1) is 11.3 Å². The van der Waals surface area contributed by atoms with Crippen LogP contribution in [0.25, 0.3) is 11.3 Å². The van der Waals surface area contributed by atoms with Gasteiger partial charge >= 0.3 is 0 Å². The number of hydrogen-bond acceptors (Lipinski definition) is 4. The summed E-state index contributed by atoms with van der Waals surface area (Å²) >= 11 is 1.48. The number of aryl methyl sites for hydroxylation is 1. The highest BCUT2D eigenvalue weighted by atomic mass is 32.1. The highest BCUT2D eigenvalue weighted by molar-refractivity contribution is 7.12. The fourth-order valence-electron chi connectivity index (χ4n) is 3.41. The molecule has 27 heavy (non-hydrogen) atoms. The van der Waals surface area contributed by atoms with E-state index in [0.717, 1.165) is 53.4 Å². The maximum absolute atomic E-state index is 13.1. The smallest absolute Gasteiger partial charge is 0.261 e.